The lowest BCUT2D eigenvalue weighted by Gasteiger charge is -2.08. The molecule has 1 heterocycles. The Morgan fingerprint density at radius 2 is 2.11 bits per heavy atom. The fraction of sp³-hybridized carbons (Fsp3) is 0.143. The Kier molecular flexibility index (Phi) is 4.10. The van der Waals surface area contributed by atoms with Crippen LogP contribution >= 0.6 is 0 Å². The Morgan fingerprint density at radius 1 is 1.26 bits per heavy atom. The number of rotatable bonds is 5. The molecule has 0 atom stereocenters. The normalized spacial score (nSPS) is 10.2. The molecule has 0 bridgehead atoms. The Morgan fingerprint density at radius 3 is 2.84 bits per heavy atom. The largest absolute Gasteiger partial charge is 0.489 e. The molecule has 19 heavy (non-hydrogen) atoms. The quantitative estimate of drug-likeness (QED) is 0.856. The number of carbonyl (C=O) groups is 1. The van der Waals surface area contributed by atoms with Crippen molar-refractivity contribution in [2.75, 3.05) is 0 Å². The molecule has 0 aliphatic carbocycles. The number of hydrogen-bond acceptors (Lipinski definition) is 4. The zero-order chi connectivity index (χ0) is 13.7. The van der Waals surface area contributed by atoms with Crippen LogP contribution in [0.4, 0.5) is 0 Å². The number of aliphatic hydroxyl groups excluding tert-OH is 1. The van der Waals surface area contributed by atoms with Crippen LogP contribution in [0, 0.1) is 0 Å². The Bertz CT molecular complexity index is 583. The van der Waals surface area contributed by atoms with Crippen LogP contribution in [0.3, 0.4) is 0 Å². The van der Waals surface area contributed by atoms with Gasteiger partial charge < -0.3 is 14.9 Å². The van der Waals surface area contributed by atoms with E-state index in [-0.39, 0.29) is 18.9 Å². The van der Waals surface area contributed by atoms with Crippen molar-refractivity contribution in [2.24, 2.45) is 0 Å². The summed E-state index contributed by atoms with van der Waals surface area (Å²) < 4.78 is 5.51. The summed E-state index contributed by atoms with van der Waals surface area (Å²) in [4.78, 5) is 14.8. The van der Waals surface area contributed by atoms with Crippen LogP contribution in [-0.4, -0.2) is 21.2 Å². The highest BCUT2D eigenvalue weighted by Crippen LogP contribution is 2.16. The topological polar surface area (TPSA) is 79.7 Å². The standard InChI is InChI=1S/C14H13NO4/c16-8-10-3-1-5-12(7-10)19-9-11-4-2-6-15-13(11)14(17)18/h1-7,16H,8-9H2,(H,17,18). The van der Waals surface area contributed by atoms with E-state index in [1.807, 2.05) is 0 Å². The van der Waals surface area contributed by atoms with Gasteiger partial charge in [-0.1, -0.05) is 18.2 Å². The van der Waals surface area contributed by atoms with E-state index in [1.165, 1.54) is 6.20 Å². The fourth-order valence-corrected chi connectivity index (χ4v) is 1.64. The average Bonchev–Trinajstić information content (AvgIpc) is 2.45. The van der Waals surface area contributed by atoms with Gasteiger partial charge >= 0.3 is 5.97 Å². The van der Waals surface area contributed by atoms with Crippen molar-refractivity contribution < 1.29 is 19.7 Å². The van der Waals surface area contributed by atoms with E-state index in [1.54, 1.807) is 36.4 Å². The first-order valence-corrected chi connectivity index (χ1v) is 5.70. The number of pyridine rings is 1. The van der Waals surface area contributed by atoms with E-state index in [0.29, 0.717) is 11.3 Å². The minimum absolute atomic E-state index is 0.0131. The maximum absolute atomic E-state index is 11.0. The highest BCUT2D eigenvalue weighted by atomic mass is 16.5. The molecule has 5 nitrogen and oxygen atoms in total. The first-order chi connectivity index (χ1) is 9.20. The molecular weight excluding hydrogens is 246 g/mol. The number of benzene rings is 1. The number of ether oxygens (including phenoxy) is 1. The van der Waals surface area contributed by atoms with Crippen LogP contribution in [0.5, 0.6) is 5.75 Å². The van der Waals surface area contributed by atoms with E-state index in [4.69, 9.17) is 14.9 Å². The molecule has 0 saturated carbocycles. The molecule has 0 spiro atoms. The third-order valence-electron chi connectivity index (χ3n) is 2.57. The predicted octanol–water partition coefficient (Wildman–Crippen LogP) is 1.85. The maximum Gasteiger partial charge on any atom is 0.354 e. The number of aliphatic hydroxyl groups is 1. The molecule has 5 heteroatoms. The van der Waals surface area contributed by atoms with Crippen LogP contribution in [0.25, 0.3) is 0 Å². The van der Waals surface area contributed by atoms with Gasteiger partial charge in [0, 0.05) is 11.8 Å². The summed E-state index contributed by atoms with van der Waals surface area (Å²) in [7, 11) is 0. The molecule has 0 radical (unpaired) electrons. The van der Waals surface area contributed by atoms with Crippen molar-refractivity contribution in [3.05, 3.63) is 59.4 Å². The second-order valence-electron chi connectivity index (χ2n) is 3.91. The van der Waals surface area contributed by atoms with Gasteiger partial charge in [0.2, 0.25) is 0 Å². The van der Waals surface area contributed by atoms with Gasteiger partial charge in [-0.2, -0.15) is 0 Å². The van der Waals surface area contributed by atoms with Gasteiger partial charge in [-0.25, -0.2) is 9.78 Å². The second kappa shape index (κ2) is 5.97. The molecule has 0 aliphatic heterocycles. The summed E-state index contributed by atoms with van der Waals surface area (Å²) >= 11 is 0. The third kappa shape index (κ3) is 3.29. The predicted molar refractivity (Wildman–Crippen MR) is 67.9 cm³/mol. The first-order valence-electron chi connectivity index (χ1n) is 5.70. The summed E-state index contributed by atoms with van der Waals surface area (Å²) in [6.07, 6.45) is 1.43. The third-order valence-corrected chi connectivity index (χ3v) is 2.57. The number of aromatic nitrogens is 1. The number of hydrogen-bond donors (Lipinski definition) is 2. The van der Waals surface area contributed by atoms with Crippen molar-refractivity contribution in [3.8, 4) is 5.75 Å². The second-order valence-corrected chi connectivity index (χ2v) is 3.91. The molecular formula is C14H13NO4. The van der Waals surface area contributed by atoms with Gasteiger partial charge in [0.1, 0.15) is 12.4 Å². The summed E-state index contributed by atoms with van der Waals surface area (Å²) in [5.41, 5.74) is 1.23. The van der Waals surface area contributed by atoms with Crippen molar-refractivity contribution in [1.82, 2.24) is 4.98 Å². The van der Waals surface area contributed by atoms with Crippen LogP contribution < -0.4 is 4.74 Å². The molecule has 98 valence electrons. The molecule has 2 aromatic rings. The number of nitrogens with zero attached hydrogens (tertiary/aromatic N) is 1. The highest BCUT2D eigenvalue weighted by molar-refractivity contribution is 5.86. The zero-order valence-corrected chi connectivity index (χ0v) is 10.1. The summed E-state index contributed by atoms with van der Waals surface area (Å²) in [6, 6.07) is 10.3. The summed E-state index contributed by atoms with van der Waals surface area (Å²) in [5, 5.41) is 18.0. The van der Waals surface area contributed by atoms with Crippen molar-refractivity contribution in [1.29, 1.82) is 0 Å². The Labute approximate surface area is 110 Å². The fourth-order valence-electron chi connectivity index (χ4n) is 1.64. The van der Waals surface area contributed by atoms with Gasteiger partial charge in [0.15, 0.2) is 5.69 Å². The van der Waals surface area contributed by atoms with Crippen LogP contribution in [-0.2, 0) is 13.2 Å². The smallest absolute Gasteiger partial charge is 0.354 e. The minimum Gasteiger partial charge on any atom is -0.489 e. The van der Waals surface area contributed by atoms with Crippen molar-refractivity contribution in [3.63, 3.8) is 0 Å². The van der Waals surface area contributed by atoms with E-state index in [2.05, 4.69) is 4.98 Å². The van der Waals surface area contributed by atoms with Crippen molar-refractivity contribution >= 4 is 5.97 Å². The number of carboxylic acids is 1. The molecule has 0 aliphatic rings. The average molecular weight is 259 g/mol. The van der Waals surface area contributed by atoms with E-state index < -0.39 is 5.97 Å². The van der Waals surface area contributed by atoms with Crippen molar-refractivity contribution in [2.45, 2.75) is 13.2 Å². The maximum atomic E-state index is 11.0. The lowest BCUT2D eigenvalue weighted by molar-refractivity contribution is 0.0687. The SMILES string of the molecule is O=C(O)c1ncccc1COc1cccc(CO)c1. The first kappa shape index (κ1) is 13.0. The minimum atomic E-state index is -1.08. The van der Waals surface area contributed by atoms with Crippen LogP contribution in [0.2, 0.25) is 0 Å². The van der Waals surface area contributed by atoms with E-state index in [9.17, 15) is 4.79 Å². The van der Waals surface area contributed by atoms with Gasteiger partial charge in [0.25, 0.3) is 0 Å². The number of carboxylic acid groups (broad SMARTS) is 1. The van der Waals surface area contributed by atoms with Gasteiger partial charge in [0.05, 0.1) is 6.61 Å². The molecule has 2 N–H and O–H groups in total. The van der Waals surface area contributed by atoms with Gasteiger partial charge in [-0.3, -0.25) is 0 Å². The lowest BCUT2D eigenvalue weighted by atomic mass is 10.2. The highest BCUT2D eigenvalue weighted by Gasteiger charge is 2.11. The molecule has 1 aromatic heterocycles. The lowest BCUT2D eigenvalue weighted by Crippen LogP contribution is -2.07. The van der Waals surface area contributed by atoms with Gasteiger partial charge in [-0.15, -0.1) is 0 Å². The van der Waals surface area contributed by atoms with Crippen LogP contribution in [0.1, 0.15) is 21.6 Å². The number of aromatic carboxylic acids is 1. The zero-order valence-electron chi connectivity index (χ0n) is 10.1. The molecule has 0 amide bonds. The van der Waals surface area contributed by atoms with E-state index in [0.717, 1.165) is 5.56 Å². The summed E-state index contributed by atoms with van der Waals surface area (Å²) in [6.45, 7) is 0.0504. The molecule has 0 unspecified atom stereocenters. The van der Waals surface area contributed by atoms with Gasteiger partial charge in [-0.05, 0) is 23.8 Å². The monoisotopic (exact) mass is 259 g/mol. The van der Waals surface area contributed by atoms with E-state index >= 15 is 0 Å². The molecule has 2 rings (SSSR count). The summed E-state index contributed by atoms with van der Waals surface area (Å²) in [5.74, 6) is -0.505. The Hall–Kier alpha value is -2.40. The molecule has 0 fully saturated rings. The Balaban J connectivity index is 2.12. The molecule has 1 aromatic carbocycles. The molecule has 0 saturated heterocycles. The van der Waals surface area contributed by atoms with Crippen LogP contribution in [0.15, 0.2) is 42.6 Å².